The van der Waals surface area contributed by atoms with Crippen LogP contribution in [0.25, 0.3) is 0 Å². The summed E-state index contributed by atoms with van der Waals surface area (Å²) in [5, 5.41) is 2.54. The molecule has 0 saturated carbocycles. The summed E-state index contributed by atoms with van der Waals surface area (Å²) in [5.41, 5.74) is 2.37. The molecule has 0 bridgehead atoms. The van der Waals surface area contributed by atoms with Crippen LogP contribution in [0.1, 0.15) is 27.6 Å². The summed E-state index contributed by atoms with van der Waals surface area (Å²) in [6, 6.07) is 17.5. The minimum absolute atomic E-state index is 0.152. The molecule has 1 heterocycles. The third-order valence-electron chi connectivity index (χ3n) is 6.04. The molecule has 2 amide bonds. The number of benzene rings is 3. The van der Waals surface area contributed by atoms with Crippen molar-refractivity contribution in [2.24, 2.45) is 0 Å². The monoisotopic (exact) mass is 536 g/mol. The number of hydrogen-bond donors (Lipinski definition) is 1. The highest BCUT2D eigenvalue weighted by molar-refractivity contribution is 7.99. The van der Waals surface area contributed by atoms with Crippen molar-refractivity contribution in [1.29, 1.82) is 0 Å². The van der Waals surface area contributed by atoms with Crippen molar-refractivity contribution in [1.82, 2.24) is 0 Å². The second-order valence-electron chi connectivity index (χ2n) is 8.33. The van der Waals surface area contributed by atoms with Crippen LogP contribution in [0.3, 0.4) is 0 Å². The van der Waals surface area contributed by atoms with E-state index in [4.69, 9.17) is 18.9 Å². The normalized spacial score (nSPS) is 14.7. The molecule has 0 fully saturated rings. The number of methoxy groups -OCH3 is 4. The molecule has 4 rings (SSSR count). The van der Waals surface area contributed by atoms with Gasteiger partial charge in [0.25, 0.3) is 0 Å². The third-order valence-corrected chi connectivity index (χ3v) is 7.36. The van der Waals surface area contributed by atoms with E-state index >= 15 is 0 Å². The molecule has 3 aromatic carbocycles. The zero-order chi connectivity index (χ0) is 27.2. The first-order chi connectivity index (χ1) is 18.4. The first-order valence-electron chi connectivity index (χ1n) is 11.7. The van der Waals surface area contributed by atoms with Gasteiger partial charge in [0.05, 0.1) is 39.7 Å². The zero-order valence-corrected chi connectivity index (χ0v) is 22.3. The maximum absolute atomic E-state index is 13.5. The van der Waals surface area contributed by atoms with Gasteiger partial charge in [-0.15, -0.1) is 11.8 Å². The van der Waals surface area contributed by atoms with E-state index in [1.165, 1.54) is 30.9 Å². The van der Waals surface area contributed by atoms with E-state index < -0.39 is 5.97 Å². The number of carbonyl (C=O) groups excluding carboxylic acids is 3. The number of thioether (sulfide) groups is 1. The fourth-order valence-electron chi connectivity index (χ4n) is 4.18. The average Bonchev–Trinajstić information content (AvgIpc) is 3.08. The highest BCUT2D eigenvalue weighted by Gasteiger charge is 2.31. The van der Waals surface area contributed by atoms with Crippen LogP contribution in [0.2, 0.25) is 0 Å². The van der Waals surface area contributed by atoms with Crippen LogP contribution in [0.4, 0.5) is 11.4 Å². The summed E-state index contributed by atoms with van der Waals surface area (Å²) in [4.78, 5) is 40.5. The smallest absolute Gasteiger partial charge is 0.337 e. The summed E-state index contributed by atoms with van der Waals surface area (Å²) in [6.45, 7) is -0.170. The number of fused-ring (bicyclic) bond motifs is 1. The van der Waals surface area contributed by atoms with Crippen LogP contribution in [0, 0.1) is 0 Å². The highest BCUT2D eigenvalue weighted by atomic mass is 32.2. The van der Waals surface area contributed by atoms with E-state index in [1.54, 1.807) is 38.5 Å². The first-order valence-corrected chi connectivity index (χ1v) is 12.6. The standard InChI is InChI=1S/C28H28N2O7S/c1-34-21-13-18(14-22(35-2)27(21)36-3)24-15-26(32)30(20-7-5-6-8-23(20)38-24)16-25(31)29-19-11-9-17(10-12-19)28(33)37-4/h5-14,24H,15-16H2,1-4H3,(H,29,31)/t24-/m1/s1. The predicted octanol–water partition coefficient (Wildman–Crippen LogP) is 4.71. The molecule has 1 aliphatic rings. The Bertz CT molecular complexity index is 1320. The summed E-state index contributed by atoms with van der Waals surface area (Å²) >= 11 is 1.54. The number of rotatable bonds is 8. The lowest BCUT2D eigenvalue weighted by Gasteiger charge is -2.22. The quantitative estimate of drug-likeness (QED) is 0.413. The second kappa shape index (κ2) is 11.9. The van der Waals surface area contributed by atoms with Gasteiger partial charge in [-0.3, -0.25) is 9.59 Å². The van der Waals surface area contributed by atoms with Gasteiger partial charge in [-0.1, -0.05) is 12.1 Å². The SMILES string of the molecule is COC(=O)c1ccc(NC(=O)CN2C(=O)C[C@H](c3cc(OC)c(OC)c(OC)c3)Sc3ccccc32)cc1. The van der Waals surface area contributed by atoms with Gasteiger partial charge in [-0.05, 0) is 54.1 Å². The Balaban J connectivity index is 1.58. The Hall–Kier alpha value is -4.18. The molecule has 38 heavy (non-hydrogen) atoms. The molecular weight excluding hydrogens is 508 g/mol. The zero-order valence-electron chi connectivity index (χ0n) is 21.5. The number of anilines is 2. The van der Waals surface area contributed by atoms with Gasteiger partial charge < -0.3 is 29.2 Å². The number of hydrogen-bond acceptors (Lipinski definition) is 8. The number of ether oxygens (including phenoxy) is 4. The molecule has 10 heteroatoms. The second-order valence-corrected chi connectivity index (χ2v) is 9.58. The minimum Gasteiger partial charge on any atom is -0.493 e. The van der Waals surface area contributed by atoms with E-state index in [0.29, 0.717) is 34.2 Å². The Morgan fingerprint density at radius 1 is 0.947 bits per heavy atom. The molecule has 3 aromatic rings. The summed E-state index contributed by atoms with van der Waals surface area (Å²) < 4.78 is 21.2. The molecule has 1 N–H and O–H groups in total. The molecule has 0 aromatic heterocycles. The first kappa shape index (κ1) is 26.9. The molecule has 1 atom stereocenters. The van der Waals surface area contributed by atoms with Crippen LogP contribution >= 0.6 is 11.8 Å². The fraction of sp³-hybridized carbons (Fsp3) is 0.250. The van der Waals surface area contributed by atoms with Crippen molar-refractivity contribution in [3.63, 3.8) is 0 Å². The van der Waals surface area contributed by atoms with Gasteiger partial charge in [-0.25, -0.2) is 4.79 Å². The maximum Gasteiger partial charge on any atom is 0.337 e. The summed E-state index contributed by atoms with van der Waals surface area (Å²) in [5.74, 6) is 0.451. The number of nitrogens with one attached hydrogen (secondary N) is 1. The predicted molar refractivity (Wildman–Crippen MR) is 145 cm³/mol. The minimum atomic E-state index is -0.464. The lowest BCUT2D eigenvalue weighted by atomic mass is 10.1. The fourth-order valence-corrected chi connectivity index (χ4v) is 5.44. The molecule has 0 saturated heterocycles. The van der Waals surface area contributed by atoms with Crippen LogP contribution in [0.15, 0.2) is 65.6 Å². The lowest BCUT2D eigenvalue weighted by Crippen LogP contribution is -2.38. The van der Waals surface area contributed by atoms with Crippen molar-refractivity contribution >= 4 is 40.9 Å². The van der Waals surface area contributed by atoms with Gasteiger partial charge in [0, 0.05) is 22.3 Å². The topological polar surface area (TPSA) is 103 Å². The Kier molecular flexibility index (Phi) is 8.42. The molecule has 0 radical (unpaired) electrons. The van der Waals surface area contributed by atoms with E-state index in [1.807, 2.05) is 36.4 Å². The Morgan fingerprint density at radius 2 is 1.61 bits per heavy atom. The number of carbonyl (C=O) groups is 3. The van der Waals surface area contributed by atoms with Crippen LogP contribution in [0.5, 0.6) is 17.2 Å². The van der Waals surface area contributed by atoms with Gasteiger partial charge in [0.1, 0.15) is 6.54 Å². The van der Waals surface area contributed by atoms with Crippen molar-refractivity contribution in [3.8, 4) is 17.2 Å². The molecular formula is C28H28N2O7S. The van der Waals surface area contributed by atoms with Crippen LogP contribution < -0.4 is 24.4 Å². The number of nitrogens with zero attached hydrogens (tertiary/aromatic N) is 1. The maximum atomic E-state index is 13.5. The van der Waals surface area contributed by atoms with Crippen molar-refractivity contribution in [2.75, 3.05) is 45.2 Å². The van der Waals surface area contributed by atoms with Crippen LogP contribution in [-0.4, -0.2) is 52.8 Å². The van der Waals surface area contributed by atoms with Crippen LogP contribution in [-0.2, 0) is 14.3 Å². The number of amides is 2. The van der Waals surface area contributed by atoms with Crippen molar-refractivity contribution in [2.45, 2.75) is 16.6 Å². The molecule has 0 spiro atoms. The average molecular weight is 537 g/mol. The molecule has 9 nitrogen and oxygen atoms in total. The third kappa shape index (κ3) is 5.70. The van der Waals surface area contributed by atoms with Gasteiger partial charge >= 0.3 is 5.97 Å². The van der Waals surface area contributed by atoms with Gasteiger partial charge in [0.15, 0.2) is 11.5 Å². The van der Waals surface area contributed by atoms with Gasteiger partial charge in [-0.2, -0.15) is 0 Å². The number of para-hydroxylation sites is 1. The molecule has 1 aliphatic heterocycles. The largest absolute Gasteiger partial charge is 0.493 e. The molecule has 198 valence electrons. The van der Waals surface area contributed by atoms with Crippen molar-refractivity contribution in [3.05, 3.63) is 71.8 Å². The lowest BCUT2D eigenvalue weighted by molar-refractivity contribution is -0.121. The molecule has 0 unspecified atom stereocenters. The number of esters is 1. The van der Waals surface area contributed by atoms with E-state index in [2.05, 4.69) is 5.32 Å². The Morgan fingerprint density at radius 3 is 2.21 bits per heavy atom. The van der Waals surface area contributed by atoms with Gasteiger partial charge in [0.2, 0.25) is 17.6 Å². The Labute approximate surface area is 225 Å². The molecule has 0 aliphatic carbocycles. The summed E-state index contributed by atoms with van der Waals surface area (Å²) in [7, 11) is 5.94. The highest BCUT2D eigenvalue weighted by Crippen LogP contribution is 2.49. The van der Waals surface area contributed by atoms with E-state index in [9.17, 15) is 14.4 Å². The summed E-state index contributed by atoms with van der Waals surface area (Å²) in [6.07, 6.45) is 0.152. The van der Waals surface area contributed by atoms with Crippen molar-refractivity contribution < 1.29 is 33.3 Å². The van der Waals surface area contributed by atoms with E-state index in [0.717, 1.165) is 10.5 Å². The van der Waals surface area contributed by atoms with E-state index in [-0.39, 0.29) is 30.0 Å².